The van der Waals surface area contributed by atoms with E-state index >= 15 is 0 Å². The highest BCUT2D eigenvalue weighted by molar-refractivity contribution is 7.99. The van der Waals surface area contributed by atoms with Crippen LogP contribution in [0, 0.1) is 11.8 Å². The van der Waals surface area contributed by atoms with Crippen LogP contribution in [-0.2, 0) is 0 Å². The summed E-state index contributed by atoms with van der Waals surface area (Å²) >= 11 is 1.45. The van der Waals surface area contributed by atoms with Gasteiger partial charge in [0.2, 0.25) is 0 Å². The van der Waals surface area contributed by atoms with Crippen LogP contribution in [0.25, 0.3) is 16.5 Å². The number of aromatic nitrogens is 2. The Morgan fingerprint density at radius 2 is 1.71 bits per heavy atom. The van der Waals surface area contributed by atoms with Crippen molar-refractivity contribution in [2.45, 2.75) is 18.1 Å². The highest BCUT2D eigenvalue weighted by Crippen LogP contribution is 2.25. The zero-order chi connectivity index (χ0) is 19.2. The monoisotopic (exact) mass is 386 g/mol. The molecule has 0 saturated carbocycles. The first kappa shape index (κ1) is 18.1. The topological polar surface area (TPSA) is 48.0 Å². The molecule has 0 saturated heterocycles. The molecule has 4 nitrogen and oxygen atoms in total. The van der Waals surface area contributed by atoms with Crippen LogP contribution in [-0.4, -0.2) is 21.5 Å². The lowest BCUT2D eigenvalue weighted by Crippen LogP contribution is -2.08. The summed E-state index contributed by atoms with van der Waals surface area (Å²) in [5.41, 5.74) is 1.66. The normalized spacial score (nSPS) is 10.6. The van der Waals surface area contributed by atoms with Gasteiger partial charge in [0.05, 0.1) is 5.75 Å². The maximum absolute atomic E-state index is 12.0. The Hall–Kier alpha value is -3.23. The number of carbonyl (C=O) groups is 1. The SMILES string of the molecule is O=C(CCC#CCSc1nn(-c2cccc3ccccc23)o1)c1ccccc1. The number of benzene rings is 3. The summed E-state index contributed by atoms with van der Waals surface area (Å²) in [7, 11) is 0. The first-order valence-corrected chi connectivity index (χ1v) is 10.0. The smallest absolute Gasteiger partial charge is 0.304 e. The number of thioether (sulfide) groups is 1. The second-order valence-electron chi connectivity index (χ2n) is 6.16. The van der Waals surface area contributed by atoms with Crippen LogP contribution in [0.1, 0.15) is 23.2 Å². The van der Waals surface area contributed by atoms with Gasteiger partial charge in [0.25, 0.3) is 0 Å². The summed E-state index contributed by atoms with van der Waals surface area (Å²) in [5, 5.41) is 7.24. The summed E-state index contributed by atoms with van der Waals surface area (Å²) < 4.78 is 5.66. The Balaban J connectivity index is 1.27. The molecule has 4 rings (SSSR count). The third-order valence-electron chi connectivity index (χ3n) is 4.28. The van der Waals surface area contributed by atoms with Crippen LogP contribution >= 0.6 is 11.8 Å². The highest BCUT2D eigenvalue weighted by atomic mass is 32.2. The number of carbonyl (C=O) groups excluding carboxylic acids is 1. The molecule has 0 radical (unpaired) electrons. The van der Waals surface area contributed by atoms with E-state index in [2.05, 4.69) is 35.1 Å². The van der Waals surface area contributed by atoms with Crippen LogP contribution in [0.2, 0.25) is 0 Å². The van der Waals surface area contributed by atoms with Crippen LogP contribution in [0.5, 0.6) is 0 Å². The molecule has 0 aliphatic carbocycles. The Morgan fingerprint density at radius 3 is 2.57 bits per heavy atom. The van der Waals surface area contributed by atoms with Gasteiger partial charge in [-0.3, -0.25) is 4.79 Å². The molecular weight excluding hydrogens is 368 g/mol. The van der Waals surface area contributed by atoms with Gasteiger partial charge in [-0.15, -0.1) is 5.92 Å². The largest absolute Gasteiger partial charge is 0.328 e. The van der Waals surface area contributed by atoms with Crippen LogP contribution in [0.15, 0.2) is 82.5 Å². The Kier molecular flexibility index (Phi) is 5.60. The number of hydrogen-bond donors (Lipinski definition) is 0. The lowest BCUT2D eigenvalue weighted by atomic mass is 10.1. The molecule has 0 fully saturated rings. The molecule has 3 aromatic carbocycles. The second kappa shape index (κ2) is 8.64. The minimum absolute atomic E-state index is 0.125. The quantitative estimate of drug-likeness (QED) is 0.254. The number of ketones is 1. The third kappa shape index (κ3) is 4.19. The van der Waals surface area contributed by atoms with Gasteiger partial charge in [-0.1, -0.05) is 82.6 Å². The molecule has 28 heavy (non-hydrogen) atoms. The van der Waals surface area contributed by atoms with Crippen molar-refractivity contribution in [1.29, 1.82) is 0 Å². The van der Waals surface area contributed by atoms with Crippen molar-refractivity contribution in [3.05, 3.63) is 78.4 Å². The van der Waals surface area contributed by atoms with E-state index in [-0.39, 0.29) is 5.78 Å². The molecule has 4 aromatic rings. The first-order valence-electron chi connectivity index (χ1n) is 9.02. The average Bonchev–Trinajstić information content (AvgIpc) is 2.72. The number of fused-ring (bicyclic) bond motifs is 1. The van der Waals surface area contributed by atoms with Crippen molar-refractivity contribution < 1.29 is 9.32 Å². The molecule has 1 heterocycles. The van der Waals surface area contributed by atoms with Crippen LogP contribution < -0.4 is 0 Å². The van der Waals surface area contributed by atoms with E-state index < -0.39 is 0 Å². The Labute approximate surface area is 167 Å². The molecule has 1 aromatic heterocycles. The standard InChI is InChI=1S/C23H18N2O2S/c26-22(19-11-3-1-4-12-19)16-5-2-8-17-28-23-24-25(27-23)21-15-9-13-18-10-6-7-14-20(18)21/h1,3-4,6-7,9-15H,5,16-17H2. The fourth-order valence-corrected chi connectivity index (χ4v) is 3.42. The van der Waals surface area contributed by atoms with Gasteiger partial charge in [-0.05, 0) is 23.2 Å². The summed E-state index contributed by atoms with van der Waals surface area (Å²) in [6, 6.07) is 23.5. The van der Waals surface area contributed by atoms with Gasteiger partial charge in [-0.25, -0.2) is 0 Å². The van der Waals surface area contributed by atoms with E-state index in [1.807, 2.05) is 54.6 Å². The Morgan fingerprint density at radius 1 is 0.964 bits per heavy atom. The van der Waals surface area contributed by atoms with E-state index in [0.29, 0.717) is 23.8 Å². The molecule has 0 atom stereocenters. The molecular formula is C23H18N2O2S. The number of hydrogen-bond acceptors (Lipinski definition) is 4. The molecule has 0 bridgehead atoms. The van der Waals surface area contributed by atoms with Gasteiger partial charge < -0.3 is 4.52 Å². The van der Waals surface area contributed by atoms with E-state index in [1.54, 1.807) is 0 Å². The van der Waals surface area contributed by atoms with Gasteiger partial charge >= 0.3 is 5.22 Å². The van der Waals surface area contributed by atoms with E-state index in [4.69, 9.17) is 4.52 Å². The van der Waals surface area contributed by atoms with Gasteiger partial charge in [0.1, 0.15) is 5.69 Å². The van der Waals surface area contributed by atoms with Gasteiger partial charge in [-0.2, -0.15) is 0 Å². The van der Waals surface area contributed by atoms with E-state index in [1.165, 1.54) is 16.6 Å². The fourth-order valence-electron chi connectivity index (χ4n) is 2.87. The lowest BCUT2D eigenvalue weighted by molar-refractivity contribution is 0.0984. The van der Waals surface area contributed by atoms with Crippen LogP contribution in [0.4, 0.5) is 0 Å². The molecule has 0 amide bonds. The zero-order valence-electron chi connectivity index (χ0n) is 15.2. The molecule has 0 aliphatic rings. The highest BCUT2D eigenvalue weighted by Gasteiger charge is 2.11. The summed E-state index contributed by atoms with van der Waals surface area (Å²) in [4.78, 5) is 13.5. The fraction of sp³-hybridized carbons (Fsp3) is 0.130. The van der Waals surface area contributed by atoms with Gasteiger partial charge in [0, 0.05) is 23.8 Å². The number of nitrogens with zero attached hydrogens (tertiary/aromatic N) is 2. The van der Waals surface area contributed by atoms with E-state index in [0.717, 1.165) is 22.0 Å². The summed E-state index contributed by atoms with van der Waals surface area (Å²) in [6.45, 7) is 0. The number of rotatable bonds is 6. The molecule has 0 spiro atoms. The lowest BCUT2D eigenvalue weighted by Gasteiger charge is -2.11. The number of Topliss-reactive ketones (excluding diaryl/α,β-unsaturated/α-hetero) is 1. The van der Waals surface area contributed by atoms with Crippen molar-refractivity contribution in [2.75, 3.05) is 5.75 Å². The molecule has 5 heteroatoms. The summed E-state index contributed by atoms with van der Waals surface area (Å²) in [5.74, 6) is 6.81. The minimum atomic E-state index is 0.125. The predicted molar refractivity (Wildman–Crippen MR) is 112 cm³/mol. The second-order valence-corrected chi connectivity index (χ2v) is 7.09. The predicted octanol–water partition coefficient (Wildman–Crippen LogP) is 5.38. The molecule has 0 unspecified atom stereocenters. The third-order valence-corrected chi connectivity index (χ3v) is 4.97. The molecule has 0 N–H and O–H groups in total. The minimum Gasteiger partial charge on any atom is -0.328 e. The van der Waals surface area contributed by atoms with Crippen molar-refractivity contribution >= 4 is 28.3 Å². The van der Waals surface area contributed by atoms with Crippen molar-refractivity contribution in [3.8, 4) is 17.5 Å². The molecule has 0 aliphatic heterocycles. The van der Waals surface area contributed by atoms with Crippen molar-refractivity contribution in [3.63, 3.8) is 0 Å². The Bertz CT molecular complexity index is 1130. The maximum Gasteiger partial charge on any atom is 0.304 e. The first-order chi connectivity index (χ1) is 13.8. The molecule has 138 valence electrons. The van der Waals surface area contributed by atoms with Crippen molar-refractivity contribution in [2.24, 2.45) is 0 Å². The van der Waals surface area contributed by atoms with Crippen molar-refractivity contribution in [1.82, 2.24) is 9.95 Å². The zero-order valence-corrected chi connectivity index (χ0v) is 16.0. The van der Waals surface area contributed by atoms with E-state index in [9.17, 15) is 4.79 Å². The maximum atomic E-state index is 12.0. The average molecular weight is 386 g/mol. The van der Waals surface area contributed by atoms with Gasteiger partial charge in [0.15, 0.2) is 5.78 Å². The van der Waals surface area contributed by atoms with Crippen LogP contribution in [0.3, 0.4) is 0 Å². The summed E-state index contributed by atoms with van der Waals surface area (Å²) in [6.07, 6.45) is 0.998.